The molecule has 1 N–H and O–H groups in total. The number of rotatable bonds is 7. The normalized spacial score (nSPS) is 13.7. The van der Waals surface area contributed by atoms with E-state index >= 15 is 0 Å². The molecular formula is C23H20N2O4S. The Balaban J connectivity index is 1.82. The molecule has 30 heavy (non-hydrogen) atoms. The number of imide groups is 1. The van der Waals surface area contributed by atoms with E-state index in [2.05, 4.69) is 5.32 Å². The first-order chi connectivity index (χ1) is 14.7. The van der Waals surface area contributed by atoms with Crippen LogP contribution in [0.5, 0.6) is 11.5 Å². The summed E-state index contributed by atoms with van der Waals surface area (Å²) in [6.07, 6.45) is 0. The molecule has 0 saturated heterocycles. The highest BCUT2D eigenvalue weighted by Crippen LogP contribution is 2.39. The van der Waals surface area contributed by atoms with E-state index in [-0.39, 0.29) is 5.70 Å². The number of hydrogen-bond acceptors (Lipinski definition) is 6. The highest BCUT2D eigenvalue weighted by Gasteiger charge is 2.42. The summed E-state index contributed by atoms with van der Waals surface area (Å²) in [5.41, 5.74) is 1.55. The molecule has 1 aromatic heterocycles. The maximum absolute atomic E-state index is 13.5. The van der Waals surface area contributed by atoms with E-state index in [1.54, 1.807) is 43.5 Å². The van der Waals surface area contributed by atoms with E-state index in [4.69, 9.17) is 9.47 Å². The van der Waals surface area contributed by atoms with Crippen molar-refractivity contribution in [3.05, 3.63) is 76.6 Å². The van der Waals surface area contributed by atoms with Gasteiger partial charge in [-0.1, -0.05) is 30.3 Å². The number of methoxy groups -OCH3 is 1. The van der Waals surface area contributed by atoms with Gasteiger partial charge in [-0.2, -0.15) is 0 Å². The van der Waals surface area contributed by atoms with Gasteiger partial charge in [0.2, 0.25) is 0 Å². The molecule has 2 aromatic carbocycles. The van der Waals surface area contributed by atoms with Gasteiger partial charge in [0.05, 0.1) is 30.7 Å². The van der Waals surface area contributed by atoms with Crippen LogP contribution in [-0.2, 0) is 9.59 Å². The minimum Gasteiger partial charge on any atom is -0.495 e. The van der Waals surface area contributed by atoms with Crippen molar-refractivity contribution in [3.8, 4) is 11.5 Å². The van der Waals surface area contributed by atoms with Crippen LogP contribution in [-0.4, -0.2) is 25.5 Å². The Kier molecular flexibility index (Phi) is 5.54. The molecule has 2 amide bonds. The van der Waals surface area contributed by atoms with Crippen LogP contribution in [0.4, 0.5) is 11.4 Å². The molecule has 3 aromatic rings. The van der Waals surface area contributed by atoms with Gasteiger partial charge in [0.15, 0.2) is 0 Å². The number of thiophene rings is 1. The standard InChI is InChI=1S/C23H20N2O4S/c1-3-29-18-12-7-5-10-16(18)25-22(26)20(19-13-8-14-30-19)21(23(25)27)24-15-9-4-6-11-17(15)28-2/h4-14,24H,3H2,1-2H3. The minimum absolute atomic E-state index is 0.207. The molecule has 6 nitrogen and oxygen atoms in total. The van der Waals surface area contributed by atoms with Gasteiger partial charge in [0.1, 0.15) is 17.2 Å². The van der Waals surface area contributed by atoms with Gasteiger partial charge in [-0.3, -0.25) is 9.59 Å². The number of anilines is 2. The number of nitrogens with zero attached hydrogens (tertiary/aromatic N) is 1. The van der Waals surface area contributed by atoms with Gasteiger partial charge in [0.25, 0.3) is 11.8 Å². The SMILES string of the molecule is CCOc1ccccc1N1C(=O)C(Nc2ccccc2OC)=C(c2cccs2)C1=O. The predicted molar refractivity (Wildman–Crippen MR) is 118 cm³/mol. The van der Waals surface area contributed by atoms with Crippen LogP contribution in [0, 0.1) is 0 Å². The molecule has 0 fully saturated rings. The third kappa shape index (κ3) is 3.44. The zero-order valence-electron chi connectivity index (χ0n) is 16.5. The molecule has 0 aliphatic carbocycles. The molecule has 4 rings (SSSR count). The monoisotopic (exact) mass is 420 g/mol. The summed E-state index contributed by atoms with van der Waals surface area (Å²) in [6.45, 7) is 2.28. The first-order valence-electron chi connectivity index (χ1n) is 9.44. The average molecular weight is 420 g/mol. The van der Waals surface area contributed by atoms with Crippen LogP contribution in [0.2, 0.25) is 0 Å². The lowest BCUT2D eigenvalue weighted by Gasteiger charge is -2.19. The molecule has 0 radical (unpaired) electrons. The largest absolute Gasteiger partial charge is 0.495 e. The summed E-state index contributed by atoms with van der Waals surface area (Å²) in [5.74, 6) is 0.211. The maximum Gasteiger partial charge on any atom is 0.282 e. The molecule has 0 saturated carbocycles. The number of carbonyl (C=O) groups is 2. The summed E-state index contributed by atoms with van der Waals surface area (Å²) in [7, 11) is 1.56. The van der Waals surface area contributed by atoms with Crippen LogP contribution in [0.15, 0.2) is 71.7 Å². The second-order valence-corrected chi connectivity index (χ2v) is 7.35. The van der Waals surface area contributed by atoms with Crippen molar-refractivity contribution in [3.63, 3.8) is 0 Å². The molecule has 0 atom stereocenters. The van der Waals surface area contributed by atoms with Crippen LogP contribution in [0.3, 0.4) is 0 Å². The smallest absolute Gasteiger partial charge is 0.282 e. The highest BCUT2D eigenvalue weighted by atomic mass is 32.1. The topological polar surface area (TPSA) is 67.9 Å². The molecular weight excluding hydrogens is 400 g/mol. The van der Waals surface area contributed by atoms with Crippen LogP contribution in [0.1, 0.15) is 11.8 Å². The summed E-state index contributed by atoms with van der Waals surface area (Å²) < 4.78 is 11.1. The molecule has 7 heteroatoms. The zero-order valence-corrected chi connectivity index (χ0v) is 17.4. The Morgan fingerprint density at radius 1 is 0.933 bits per heavy atom. The van der Waals surface area contributed by atoms with E-state index in [1.165, 1.54) is 11.3 Å². The van der Waals surface area contributed by atoms with Crippen LogP contribution in [0.25, 0.3) is 5.57 Å². The van der Waals surface area contributed by atoms with Gasteiger partial charge in [-0.15, -0.1) is 11.3 Å². The first kappa shape index (κ1) is 19.7. The average Bonchev–Trinajstić information content (AvgIpc) is 3.36. The fraction of sp³-hybridized carbons (Fsp3) is 0.130. The van der Waals surface area contributed by atoms with Crippen molar-refractivity contribution in [1.82, 2.24) is 0 Å². The van der Waals surface area contributed by atoms with E-state index in [1.807, 2.05) is 36.6 Å². The summed E-state index contributed by atoms with van der Waals surface area (Å²) in [6, 6.07) is 18.0. The van der Waals surface area contributed by atoms with Gasteiger partial charge < -0.3 is 14.8 Å². The number of benzene rings is 2. The Morgan fingerprint density at radius 2 is 1.67 bits per heavy atom. The molecule has 1 aliphatic heterocycles. The molecule has 0 spiro atoms. The summed E-state index contributed by atoms with van der Waals surface area (Å²) in [5, 5.41) is 5.01. The minimum atomic E-state index is -0.443. The fourth-order valence-corrected chi connectivity index (χ4v) is 4.08. The third-order valence-electron chi connectivity index (χ3n) is 4.62. The van der Waals surface area contributed by atoms with E-state index < -0.39 is 11.8 Å². The van der Waals surface area contributed by atoms with Gasteiger partial charge >= 0.3 is 0 Å². The predicted octanol–water partition coefficient (Wildman–Crippen LogP) is 4.55. The second-order valence-electron chi connectivity index (χ2n) is 6.40. The Hall–Kier alpha value is -3.58. The van der Waals surface area contributed by atoms with E-state index in [0.717, 1.165) is 4.90 Å². The molecule has 2 heterocycles. The lowest BCUT2D eigenvalue weighted by atomic mass is 10.1. The number of amides is 2. The maximum atomic E-state index is 13.5. The fourth-order valence-electron chi connectivity index (χ4n) is 3.32. The van der Waals surface area contributed by atoms with Crippen molar-refractivity contribution in [2.45, 2.75) is 6.92 Å². The lowest BCUT2D eigenvalue weighted by Crippen LogP contribution is -2.32. The van der Waals surface area contributed by atoms with E-state index in [0.29, 0.717) is 39.9 Å². The van der Waals surface area contributed by atoms with Crippen molar-refractivity contribution in [2.75, 3.05) is 23.9 Å². The number of carbonyl (C=O) groups excluding carboxylic acids is 2. The number of ether oxygens (including phenoxy) is 2. The first-order valence-corrected chi connectivity index (χ1v) is 10.3. The van der Waals surface area contributed by atoms with Crippen molar-refractivity contribution >= 4 is 40.1 Å². The Bertz CT molecular complexity index is 1120. The molecule has 152 valence electrons. The van der Waals surface area contributed by atoms with E-state index in [9.17, 15) is 9.59 Å². The van der Waals surface area contributed by atoms with Gasteiger partial charge in [-0.25, -0.2) is 4.90 Å². The highest BCUT2D eigenvalue weighted by molar-refractivity contribution is 7.11. The quantitative estimate of drug-likeness (QED) is 0.568. The second kappa shape index (κ2) is 8.42. The van der Waals surface area contributed by atoms with Crippen molar-refractivity contribution in [1.29, 1.82) is 0 Å². The van der Waals surface area contributed by atoms with Crippen LogP contribution < -0.4 is 19.7 Å². The molecule has 1 aliphatic rings. The van der Waals surface area contributed by atoms with Gasteiger partial charge in [0, 0.05) is 4.88 Å². The Labute approximate surface area is 178 Å². The molecule has 0 bridgehead atoms. The number of hydrogen-bond donors (Lipinski definition) is 1. The van der Waals surface area contributed by atoms with Crippen molar-refractivity contribution < 1.29 is 19.1 Å². The lowest BCUT2D eigenvalue weighted by molar-refractivity contribution is -0.120. The van der Waals surface area contributed by atoms with Crippen molar-refractivity contribution in [2.24, 2.45) is 0 Å². The van der Waals surface area contributed by atoms with Crippen LogP contribution >= 0.6 is 11.3 Å². The van der Waals surface area contributed by atoms with Gasteiger partial charge in [-0.05, 0) is 42.6 Å². The molecule has 0 unspecified atom stereocenters. The Morgan fingerprint density at radius 3 is 2.37 bits per heavy atom. The zero-order chi connectivity index (χ0) is 21.1. The number of nitrogens with one attached hydrogen (secondary N) is 1. The third-order valence-corrected chi connectivity index (χ3v) is 5.51. The summed E-state index contributed by atoms with van der Waals surface area (Å²) in [4.78, 5) is 28.8. The number of para-hydroxylation sites is 4. The summed E-state index contributed by atoms with van der Waals surface area (Å²) >= 11 is 1.40.